The molecule has 0 aromatic heterocycles. The highest BCUT2D eigenvalue weighted by Gasteiger charge is 2.29. The molecular weight excluding hydrogens is 236 g/mol. The van der Waals surface area contributed by atoms with Gasteiger partial charge in [0.15, 0.2) is 0 Å². The largest absolute Gasteiger partial charge is 0.342 e. The Labute approximate surface area is 105 Å². The van der Waals surface area contributed by atoms with Crippen LogP contribution < -0.4 is 0 Å². The Morgan fingerprint density at radius 2 is 2.11 bits per heavy atom. The number of hydrogen-bond acceptors (Lipinski definition) is 1. The van der Waals surface area contributed by atoms with E-state index in [1.165, 1.54) is 6.08 Å². The van der Waals surface area contributed by atoms with Gasteiger partial charge in [0.25, 0.3) is 0 Å². The molecule has 1 fully saturated rings. The number of rotatable bonds is 4. The number of carbonyl (C=O) groups excluding carboxylic acids is 1. The van der Waals surface area contributed by atoms with Crippen molar-refractivity contribution in [3.63, 3.8) is 0 Å². The minimum absolute atomic E-state index is 0.0931. The minimum Gasteiger partial charge on any atom is -0.342 e. The van der Waals surface area contributed by atoms with E-state index < -0.39 is 11.6 Å². The minimum atomic E-state index is -0.566. The molecular formula is C14H15F2NO. The summed E-state index contributed by atoms with van der Waals surface area (Å²) in [7, 11) is 1.70. The summed E-state index contributed by atoms with van der Waals surface area (Å²) in [6.07, 6.45) is 3.14. The van der Waals surface area contributed by atoms with Crippen LogP contribution in [0.3, 0.4) is 0 Å². The Bertz CT molecular complexity index is 495. The van der Waals surface area contributed by atoms with Gasteiger partial charge >= 0.3 is 0 Å². The lowest BCUT2D eigenvalue weighted by molar-refractivity contribution is -0.129. The van der Waals surface area contributed by atoms with Crippen molar-refractivity contribution in [1.82, 2.24) is 4.90 Å². The highest BCUT2D eigenvalue weighted by Crippen LogP contribution is 2.26. The first-order chi connectivity index (χ1) is 8.52. The van der Waals surface area contributed by atoms with Gasteiger partial charge in [0, 0.05) is 24.2 Å². The summed E-state index contributed by atoms with van der Waals surface area (Å²) in [6.45, 7) is 3.40. The van der Waals surface area contributed by atoms with Crippen molar-refractivity contribution in [2.45, 2.75) is 25.3 Å². The first kappa shape index (κ1) is 12.7. The number of hydrogen-bond donors (Lipinski definition) is 0. The maximum atomic E-state index is 13.7. The highest BCUT2D eigenvalue weighted by atomic mass is 19.1. The lowest BCUT2D eigenvalue weighted by Gasteiger charge is -2.16. The summed E-state index contributed by atoms with van der Waals surface area (Å²) in [5.74, 6) is -1.30. The summed E-state index contributed by atoms with van der Waals surface area (Å²) < 4.78 is 27.2. The fourth-order valence-electron chi connectivity index (χ4n) is 1.85. The van der Waals surface area contributed by atoms with Crippen LogP contribution in [0.5, 0.6) is 0 Å². The van der Waals surface area contributed by atoms with Crippen molar-refractivity contribution >= 4 is 12.0 Å². The Morgan fingerprint density at radius 1 is 1.44 bits per heavy atom. The Balaban J connectivity index is 2.15. The zero-order valence-electron chi connectivity index (χ0n) is 10.2. The maximum absolute atomic E-state index is 13.7. The fraction of sp³-hybridized carbons (Fsp3) is 0.357. The van der Waals surface area contributed by atoms with E-state index in [1.54, 1.807) is 11.9 Å². The summed E-state index contributed by atoms with van der Waals surface area (Å²) in [5, 5.41) is 0. The van der Waals surface area contributed by atoms with Gasteiger partial charge in [0.2, 0.25) is 5.91 Å². The second kappa shape index (κ2) is 4.88. The molecule has 0 saturated heterocycles. The van der Waals surface area contributed by atoms with Crippen LogP contribution in [0.1, 0.15) is 24.0 Å². The molecule has 0 radical (unpaired) electrons. The van der Waals surface area contributed by atoms with Crippen molar-refractivity contribution in [2.75, 3.05) is 7.05 Å². The van der Waals surface area contributed by atoms with Crippen LogP contribution in [-0.2, 0) is 11.2 Å². The molecule has 0 aliphatic heterocycles. The van der Waals surface area contributed by atoms with E-state index in [0.717, 1.165) is 25.0 Å². The van der Waals surface area contributed by atoms with Crippen molar-refractivity contribution in [1.29, 1.82) is 0 Å². The lowest BCUT2D eigenvalue weighted by atomic mass is 10.1. The molecule has 2 rings (SSSR count). The van der Waals surface area contributed by atoms with Gasteiger partial charge in [-0.15, -0.1) is 0 Å². The Morgan fingerprint density at radius 3 is 2.67 bits per heavy atom. The van der Waals surface area contributed by atoms with Gasteiger partial charge in [0.1, 0.15) is 11.6 Å². The standard InChI is InChI=1S/C14H15F2NO/c1-3-9-6-13(16)10(7-12(9)15)8-14(18)17(2)11-4-5-11/h3,6-7,11H,1,4-5,8H2,2H3. The quantitative estimate of drug-likeness (QED) is 0.805. The molecule has 1 amide bonds. The molecule has 18 heavy (non-hydrogen) atoms. The molecule has 4 heteroatoms. The summed E-state index contributed by atoms with van der Waals surface area (Å²) in [5.41, 5.74) is 0.204. The predicted octanol–water partition coefficient (Wildman–Crippen LogP) is 2.77. The summed E-state index contributed by atoms with van der Waals surface area (Å²) in [4.78, 5) is 13.4. The predicted molar refractivity (Wildman–Crippen MR) is 65.9 cm³/mol. The molecule has 0 unspecified atom stereocenters. The van der Waals surface area contributed by atoms with Crippen LogP contribution >= 0.6 is 0 Å². The van der Waals surface area contributed by atoms with Crippen molar-refractivity contribution in [3.05, 3.63) is 41.5 Å². The van der Waals surface area contributed by atoms with Crippen LogP contribution in [0.2, 0.25) is 0 Å². The smallest absolute Gasteiger partial charge is 0.227 e. The number of carbonyl (C=O) groups is 1. The molecule has 0 N–H and O–H groups in total. The molecule has 0 spiro atoms. The van der Waals surface area contributed by atoms with Crippen molar-refractivity contribution in [3.8, 4) is 0 Å². The van der Waals surface area contributed by atoms with Crippen LogP contribution in [0, 0.1) is 11.6 Å². The first-order valence-electron chi connectivity index (χ1n) is 5.89. The third kappa shape index (κ3) is 2.58. The molecule has 96 valence electrons. The molecule has 1 saturated carbocycles. The number of nitrogens with zero attached hydrogens (tertiary/aromatic N) is 1. The first-order valence-corrected chi connectivity index (χ1v) is 5.89. The monoisotopic (exact) mass is 251 g/mol. The zero-order valence-corrected chi connectivity index (χ0v) is 10.2. The van der Waals surface area contributed by atoms with Gasteiger partial charge in [0.05, 0.1) is 6.42 Å². The zero-order chi connectivity index (χ0) is 13.3. The van der Waals surface area contributed by atoms with Gasteiger partial charge in [-0.3, -0.25) is 4.79 Å². The topological polar surface area (TPSA) is 20.3 Å². The van der Waals surface area contributed by atoms with Gasteiger partial charge < -0.3 is 4.90 Å². The second-order valence-corrected chi connectivity index (χ2v) is 4.58. The van der Waals surface area contributed by atoms with Gasteiger partial charge in [-0.1, -0.05) is 12.7 Å². The summed E-state index contributed by atoms with van der Waals surface area (Å²) >= 11 is 0. The van der Waals surface area contributed by atoms with Gasteiger partial charge in [-0.25, -0.2) is 8.78 Å². The second-order valence-electron chi connectivity index (χ2n) is 4.58. The van der Waals surface area contributed by atoms with Gasteiger partial charge in [-0.2, -0.15) is 0 Å². The molecule has 0 heterocycles. The number of likely N-dealkylation sites (N-methyl/N-ethyl adjacent to an activating group) is 1. The molecule has 0 bridgehead atoms. The fourth-order valence-corrected chi connectivity index (χ4v) is 1.85. The maximum Gasteiger partial charge on any atom is 0.227 e. The van der Waals surface area contributed by atoms with Crippen LogP contribution in [0.25, 0.3) is 6.08 Å². The van der Waals surface area contributed by atoms with E-state index in [4.69, 9.17) is 0 Å². The van der Waals surface area contributed by atoms with Crippen LogP contribution in [-0.4, -0.2) is 23.9 Å². The number of benzene rings is 1. The van der Waals surface area contributed by atoms with E-state index in [0.29, 0.717) is 0 Å². The average Bonchev–Trinajstić information content (AvgIpc) is 3.16. The molecule has 1 aliphatic carbocycles. The van der Waals surface area contributed by atoms with Crippen molar-refractivity contribution < 1.29 is 13.6 Å². The normalized spacial score (nSPS) is 14.4. The molecule has 1 aromatic rings. The van der Waals surface area contributed by atoms with Crippen LogP contribution in [0.15, 0.2) is 18.7 Å². The third-order valence-corrected chi connectivity index (χ3v) is 3.22. The van der Waals surface area contributed by atoms with E-state index in [9.17, 15) is 13.6 Å². The molecule has 0 atom stereocenters. The lowest BCUT2D eigenvalue weighted by Crippen LogP contribution is -2.30. The number of amides is 1. The highest BCUT2D eigenvalue weighted by molar-refractivity contribution is 5.79. The Hall–Kier alpha value is -1.71. The van der Waals surface area contributed by atoms with E-state index in [-0.39, 0.29) is 29.5 Å². The SMILES string of the molecule is C=Cc1cc(F)c(CC(=O)N(C)C2CC2)cc1F. The van der Waals surface area contributed by atoms with E-state index in [1.807, 2.05) is 0 Å². The average molecular weight is 251 g/mol. The Kier molecular flexibility index (Phi) is 3.45. The molecule has 1 aliphatic rings. The van der Waals surface area contributed by atoms with E-state index >= 15 is 0 Å². The number of halogens is 2. The van der Waals surface area contributed by atoms with E-state index in [2.05, 4.69) is 6.58 Å². The van der Waals surface area contributed by atoms with Crippen molar-refractivity contribution in [2.24, 2.45) is 0 Å². The third-order valence-electron chi connectivity index (χ3n) is 3.22. The summed E-state index contributed by atoms with van der Waals surface area (Å²) in [6, 6.07) is 2.42. The molecule has 2 nitrogen and oxygen atoms in total. The van der Waals surface area contributed by atoms with Crippen LogP contribution in [0.4, 0.5) is 8.78 Å². The molecule has 1 aromatic carbocycles. The van der Waals surface area contributed by atoms with Gasteiger partial charge in [-0.05, 0) is 25.0 Å².